The Kier molecular flexibility index (Phi) is 5.11. The number of fused-ring (bicyclic) bond motifs is 1. The third-order valence-corrected chi connectivity index (χ3v) is 5.02. The number of hydrogen-bond donors (Lipinski definition) is 1. The van der Waals surface area contributed by atoms with E-state index >= 15 is 0 Å². The van der Waals surface area contributed by atoms with Crippen molar-refractivity contribution >= 4 is 17.4 Å². The van der Waals surface area contributed by atoms with Gasteiger partial charge in [0.2, 0.25) is 0 Å². The van der Waals surface area contributed by atoms with E-state index in [1.807, 2.05) is 26.0 Å². The third-order valence-electron chi connectivity index (χ3n) is 5.02. The van der Waals surface area contributed by atoms with Gasteiger partial charge >= 0.3 is 0 Å². The Labute approximate surface area is 158 Å². The van der Waals surface area contributed by atoms with E-state index < -0.39 is 11.5 Å². The van der Waals surface area contributed by atoms with Crippen molar-refractivity contribution in [3.8, 4) is 6.07 Å². The molecule has 0 aliphatic carbocycles. The molecule has 3 rings (SSSR count). The minimum atomic E-state index is -1.88. The zero-order valence-corrected chi connectivity index (χ0v) is 15.5. The highest BCUT2D eigenvalue weighted by atomic mass is 16.3. The number of anilines is 1. The molecule has 138 valence electrons. The van der Waals surface area contributed by atoms with Gasteiger partial charge in [-0.25, -0.2) is 0 Å². The summed E-state index contributed by atoms with van der Waals surface area (Å²) in [6, 6.07) is 14.6. The average molecular weight is 362 g/mol. The second-order valence-electron chi connectivity index (χ2n) is 7.01. The zero-order valence-electron chi connectivity index (χ0n) is 15.5. The monoisotopic (exact) mass is 362 g/mol. The van der Waals surface area contributed by atoms with Crippen LogP contribution in [0.2, 0.25) is 0 Å². The highest BCUT2D eigenvalue weighted by molar-refractivity contribution is 6.11. The molecule has 0 saturated heterocycles. The first-order valence-electron chi connectivity index (χ1n) is 8.99. The number of rotatable bonds is 6. The van der Waals surface area contributed by atoms with E-state index in [4.69, 9.17) is 5.26 Å². The first-order chi connectivity index (χ1) is 12.9. The first kappa shape index (κ1) is 18.8. The Bertz CT molecular complexity index is 945. The smallest absolute Gasteiger partial charge is 0.264 e. The van der Waals surface area contributed by atoms with E-state index in [0.717, 1.165) is 11.1 Å². The number of amides is 1. The quantitative estimate of drug-likeness (QED) is 0.631. The van der Waals surface area contributed by atoms with Crippen LogP contribution in [0.3, 0.4) is 0 Å². The predicted octanol–water partition coefficient (Wildman–Crippen LogP) is 3.41. The molecule has 1 aliphatic rings. The van der Waals surface area contributed by atoms with Crippen LogP contribution in [0, 0.1) is 25.2 Å². The van der Waals surface area contributed by atoms with Crippen LogP contribution in [0.15, 0.2) is 42.5 Å². The van der Waals surface area contributed by atoms with Crippen molar-refractivity contribution in [3.05, 3.63) is 64.7 Å². The molecule has 1 aliphatic heterocycles. The topological polar surface area (TPSA) is 81.4 Å². The predicted molar refractivity (Wildman–Crippen MR) is 102 cm³/mol. The van der Waals surface area contributed by atoms with Gasteiger partial charge in [-0.2, -0.15) is 5.26 Å². The van der Waals surface area contributed by atoms with E-state index in [0.29, 0.717) is 36.2 Å². The Hall–Kier alpha value is -2.97. The van der Waals surface area contributed by atoms with Crippen molar-refractivity contribution in [1.29, 1.82) is 5.26 Å². The van der Waals surface area contributed by atoms with Gasteiger partial charge in [0.25, 0.3) is 5.91 Å². The Morgan fingerprint density at radius 3 is 2.70 bits per heavy atom. The van der Waals surface area contributed by atoms with Crippen LogP contribution in [-0.4, -0.2) is 23.3 Å². The van der Waals surface area contributed by atoms with E-state index in [9.17, 15) is 14.7 Å². The highest BCUT2D eigenvalue weighted by Gasteiger charge is 2.50. The number of nitriles is 1. The van der Waals surface area contributed by atoms with Crippen LogP contribution in [0.25, 0.3) is 0 Å². The van der Waals surface area contributed by atoms with Gasteiger partial charge in [0.05, 0.1) is 18.2 Å². The summed E-state index contributed by atoms with van der Waals surface area (Å²) in [7, 11) is 0. The molecule has 1 amide bonds. The molecule has 0 spiro atoms. The molecule has 0 saturated carbocycles. The zero-order chi connectivity index (χ0) is 19.6. The maximum atomic E-state index is 13.0. The number of nitrogens with zero attached hydrogens (tertiary/aromatic N) is 2. The van der Waals surface area contributed by atoms with E-state index in [-0.39, 0.29) is 12.2 Å². The number of aliphatic hydroxyl groups is 1. The van der Waals surface area contributed by atoms with Crippen molar-refractivity contribution in [2.75, 3.05) is 11.4 Å². The number of benzene rings is 2. The van der Waals surface area contributed by atoms with Gasteiger partial charge in [0.1, 0.15) is 0 Å². The molecular weight excluding hydrogens is 340 g/mol. The largest absolute Gasteiger partial charge is 0.375 e. The van der Waals surface area contributed by atoms with Crippen molar-refractivity contribution in [2.24, 2.45) is 0 Å². The fourth-order valence-electron chi connectivity index (χ4n) is 3.58. The van der Waals surface area contributed by atoms with Gasteiger partial charge in [-0.15, -0.1) is 0 Å². The average Bonchev–Trinajstić information content (AvgIpc) is 2.86. The number of hydrogen-bond acceptors (Lipinski definition) is 4. The molecule has 2 aromatic rings. The first-order valence-corrected chi connectivity index (χ1v) is 8.99. The number of carbonyl (C=O) groups excluding carboxylic acids is 2. The second-order valence-corrected chi connectivity index (χ2v) is 7.01. The summed E-state index contributed by atoms with van der Waals surface area (Å²) in [4.78, 5) is 27.5. The molecule has 5 heteroatoms. The third kappa shape index (κ3) is 3.36. The van der Waals surface area contributed by atoms with E-state index in [1.54, 1.807) is 30.3 Å². The minimum absolute atomic E-state index is 0.263. The summed E-state index contributed by atoms with van der Waals surface area (Å²) in [6.45, 7) is 4.08. The van der Waals surface area contributed by atoms with Gasteiger partial charge in [-0.05, 0) is 38.0 Å². The van der Waals surface area contributed by atoms with Crippen molar-refractivity contribution < 1.29 is 14.7 Å². The van der Waals surface area contributed by atoms with E-state index in [2.05, 4.69) is 6.07 Å². The van der Waals surface area contributed by atoms with Crippen LogP contribution in [0.5, 0.6) is 0 Å². The van der Waals surface area contributed by atoms with E-state index in [1.165, 1.54) is 4.90 Å². The number of carbonyl (C=O) groups is 2. The van der Waals surface area contributed by atoms with Crippen LogP contribution >= 0.6 is 0 Å². The van der Waals surface area contributed by atoms with Crippen LogP contribution < -0.4 is 4.90 Å². The van der Waals surface area contributed by atoms with Crippen molar-refractivity contribution in [2.45, 2.75) is 38.7 Å². The summed E-state index contributed by atoms with van der Waals surface area (Å²) in [5.74, 6) is -0.763. The fraction of sp³-hybridized carbons (Fsp3) is 0.318. The standard InChI is InChI=1S/C22H22N2O3/c1-15-9-10-16(2)17(13-15)20(25)14-22(27)18-7-3-4-8-19(18)24(21(22)26)12-6-5-11-23/h3-4,7-10,13,27H,5-6,12,14H2,1-2H3/t22-/m0/s1. The van der Waals surface area contributed by atoms with Crippen LogP contribution in [0.1, 0.15) is 46.3 Å². The molecule has 27 heavy (non-hydrogen) atoms. The van der Waals surface area contributed by atoms with Gasteiger partial charge in [0.15, 0.2) is 11.4 Å². The number of para-hydroxylation sites is 1. The lowest BCUT2D eigenvalue weighted by Gasteiger charge is -2.23. The van der Waals surface area contributed by atoms with Crippen molar-refractivity contribution in [3.63, 3.8) is 0 Å². The SMILES string of the molecule is Cc1ccc(C)c(C(=O)C[C@@]2(O)C(=O)N(CCCC#N)c3ccccc32)c1. The number of ketones is 1. The summed E-state index contributed by atoms with van der Waals surface area (Å²) in [5, 5.41) is 20.0. The summed E-state index contributed by atoms with van der Waals surface area (Å²) >= 11 is 0. The Morgan fingerprint density at radius 1 is 1.22 bits per heavy atom. The number of unbranched alkanes of at least 4 members (excludes halogenated alkanes) is 1. The molecule has 1 N–H and O–H groups in total. The molecule has 0 bridgehead atoms. The lowest BCUT2D eigenvalue weighted by Crippen LogP contribution is -2.42. The maximum absolute atomic E-state index is 13.0. The highest BCUT2D eigenvalue weighted by Crippen LogP contribution is 2.43. The van der Waals surface area contributed by atoms with Gasteiger partial charge in [0, 0.05) is 24.1 Å². The Balaban J connectivity index is 1.94. The molecule has 5 nitrogen and oxygen atoms in total. The number of aryl methyl sites for hydroxylation is 2. The summed E-state index contributed by atoms with van der Waals surface area (Å²) in [6.07, 6.45) is 0.533. The molecule has 1 heterocycles. The van der Waals surface area contributed by atoms with Gasteiger partial charge in [-0.3, -0.25) is 9.59 Å². The minimum Gasteiger partial charge on any atom is -0.375 e. The lowest BCUT2D eigenvalue weighted by atomic mass is 9.87. The normalized spacial score (nSPS) is 18.3. The number of Topliss-reactive ketones (excluding diaryl/α,β-unsaturated/α-hetero) is 1. The van der Waals surface area contributed by atoms with Gasteiger partial charge in [-0.1, -0.05) is 35.9 Å². The maximum Gasteiger partial charge on any atom is 0.264 e. The van der Waals surface area contributed by atoms with Crippen molar-refractivity contribution in [1.82, 2.24) is 0 Å². The van der Waals surface area contributed by atoms with Crippen LogP contribution in [0.4, 0.5) is 5.69 Å². The van der Waals surface area contributed by atoms with Gasteiger partial charge < -0.3 is 10.0 Å². The molecular formula is C22H22N2O3. The molecule has 2 aromatic carbocycles. The lowest BCUT2D eigenvalue weighted by molar-refractivity contribution is -0.135. The van der Waals surface area contributed by atoms with Crippen LogP contribution in [-0.2, 0) is 10.4 Å². The molecule has 0 unspecified atom stereocenters. The Morgan fingerprint density at radius 2 is 1.96 bits per heavy atom. The summed E-state index contributed by atoms with van der Waals surface area (Å²) < 4.78 is 0. The second kappa shape index (κ2) is 7.34. The molecule has 0 radical (unpaired) electrons. The molecule has 0 fully saturated rings. The fourth-order valence-corrected chi connectivity index (χ4v) is 3.58. The molecule has 1 atom stereocenters. The summed E-state index contributed by atoms with van der Waals surface area (Å²) in [5.41, 5.74) is 1.47. The molecule has 0 aromatic heterocycles.